The average Bonchev–Trinajstić information content (AvgIpc) is 2.92. The zero-order valence-electron chi connectivity index (χ0n) is 22.3. The van der Waals surface area contributed by atoms with E-state index >= 15 is 0 Å². The SMILES string of the molecule is CC(C)C[C@H](CC(=O)[C@H](Cc1ccccc1)NC(=O)c1cnccn1)B1OC(=O)CN(C)C[C@@H](C)C(=O)O1. The fourth-order valence-corrected chi connectivity index (χ4v) is 4.48. The molecule has 3 atom stereocenters. The lowest BCUT2D eigenvalue weighted by Crippen LogP contribution is -2.44. The molecule has 1 fully saturated rings. The maximum atomic E-state index is 13.7. The number of hydrogen-bond donors (Lipinski definition) is 1. The third-order valence-corrected chi connectivity index (χ3v) is 6.26. The van der Waals surface area contributed by atoms with Gasteiger partial charge in [0.1, 0.15) is 5.69 Å². The second-order valence-corrected chi connectivity index (χ2v) is 10.3. The number of aromatic nitrogens is 2. The van der Waals surface area contributed by atoms with Crippen LogP contribution in [-0.4, -0.2) is 71.8 Å². The molecule has 1 aromatic heterocycles. The van der Waals surface area contributed by atoms with Gasteiger partial charge >= 0.3 is 13.1 Å². The van der Waals surface area contributed by atoms with Crippen LogP contribution < -0.4 is 5.32 Å². The van der Waals surface area contributed by atoms with E-state index in [1.54, 1.807) is 18.9 Å². The summed E-state index contributed by atoms with van der Waals surface area (Å²) in [7, 11) is 0.525. The van der Waals surface area contributed by atoms with Crippen molar-refractivity contribution >= 4 is 30.7 Å². The summed E-state index contributed by atoms with van der Waals surface area (Å²) >= 11 is 0. The largest absolute Gasteiger partial charge is 0.602 e. The second-order valence-electron chi connectivity index (χ2n) is 10.3. The predicted molar refractivity (Wildman–Crippen MR) is 141 cm³/mol. The number of hydrogen-bond acceptors (Lipinski definition) is 9. The van der Waals surface area contributed by atoms with Crippen LogP contribution in [0.3, 0.4) is 0 Å². The minimum Gasteiger partial charge on any atom is -0.499 e. The molecule has 0 radical (unpaired) electrons. The highest BCUT2D eigenvalue weighted by Gasteiger charge is 2.42. The molecule has 0 spiro atoms. The molecule has 1 aliphatic heterocycles. The molecule has 2 aromatic rings. The Hall–Kier alpha value is -3.60. The van der Waals surface area contributed by atoms with Gasteiger partial charge in [0, 0.05) is 31.2 Å². The molecule has 1 saturated heterocycles. The Morgan fingerprint density at radius 3 is 2.55 bits per heavy atom. The van der Waals surface area contributed by atoms with Crippen molar-refractivity contribution in [2.45, 2.75) is 51.9 Å². The minimum atomic E-state index is -1.21. The van der Waals surface area contributed by atoms with Gasteiger partial charge in [-0.25, -0.2) is 4.98 Å². The Morgan fingerprint density at radius 1 is 1.16 bits per heavy atom. The molecule has 10 nitrogen and oxygen atoms in total. The topological polar surface area (TPSA) is 128 Å². The van der Waals surface area contributed by atoms with Crippen LogP contribution >= 0.6 is 0 Å². The fraction of sp³-hybridized carbons (Fsp3) is 0.481. The summed E-state index contributed by atoms with van der Waals surface area (Å²) in [6, 6.07) is 8.46. The Kier molecular flexibility index (Phi) is 10.5. The van der Waals surface area contributed by atoms with Gasteiger partial charge in [-0.1, -0.05) is 51.1 Å². The fourth-order valence-electron chi connectivity index (χ4n) is 4.48. The Bertz CT molecular complexity index is 1100. The van der Waals surface area contributed by atoms with Gasteiger partial charge in [-0.2, -0.15) is 0 Å². The smallest absolute Gasteiger partial charge is 0.499 e. The van der Waals surface area contributed by atoms with Gasteiger partial charge in [0.15, 0.2) is 5.78 Å². The summed E-state index contributed by atoms with van der Waals surface area (Å²) < 4.78 is 11.2. The van der Waals surface area contributed by atoms with Gasteiger partial charge in [0.25, 0.3) is 11.9 Å². The lowest BCUT2D eigenvalue weighted by atomic mass is 9.64. The first-order valence-corrected chi connectivity index (χ1v) is 12.8. The lowest BCUT2D eigenvalue weighted by molar-refractivity contribution is -0.141. The Balaban J connectivity index is 1.85. The summed E-state index contributed by atoms with van der Waals surface area (Å²) in [6.45, 7) is 6.03. The van der Waals surface area contributed by atoms with E-state index in [9.17, 15) is 19.2 Å². The van der Waals surface area contributed by atoms with E-state index in [0.29, 0.717) is 13.0 Å². The second kappa shape index (κ2) is 13.8. The summed E-state index contributed by atoms with van der Waals surface area (Å²) in [6.07, 6.45) is 4.85. The number of Topliss-reactive ketones (excluding diaryl/α,β-unsaturated/α-hetero) is 1. The third-order valence-electron chi connectivity index (χ3n) is 6.26. The van der Waals surface area contributed by atoms with Crippen LogP contribution in [0, 0.1) is 11.8 Å². The molecule has 202 valence electrons. The number of nitrogens with zero attached hydrogens (tertiary/aromatic N) is 3. The maximum absolute atomic E-state index is 13.7. The van der Waals surface area contributed by atoms with Gasteiger partial charge in [-0.05, 0) is 31.4 Å². The highest BCUT2D eigenvalue weighted by Crippen LogP contribution is 2.29. The number of carbonyl (C=O) groups excluding carboxylic acids is 4. The summed E-state index contributed by atoms with van der Waals surface area (Å²) in [4.78, 5) is 61.6. The molecule has 2 heterocycles. The van der Waals surface area contributed by atoms with Crippen molar-refractivity contribution < 1.29 is 28.5 Å². The van der Waals surface area contributed by atoms with Crippen molar-refractivity contribution in [2.24, 2.45) is 11.8 Å². The van der Waals surface area contributed by atoms with Crippen LogP contribution in [-0.2, 0) is 30.1 Å². The highest BCUT2D eigenvalue weighted by atomic mass is 16.6. The van der Waals surface area contributed by atoms with E-state index in [0.717, 1.165) is 5.56 Å². The zero-order valence-corrected chi connectivity index (χ0v) is 22.3. The van der Waals surface area contributed by atoms with E-state index < -0.39 is 42.7 Å². The molecular weight excluding hydrogens is 487 g/mol. The molecule has 1 aliphatic rings. The molecule has 1 amide bonds. The van der Waals surface area contributed by atoms with Gasteiger partial charge in [0.2, 0.25) is 0 Å². The quantitative estimate of drug-likeness (QED) is 0.468. The monoisotopic (exact) mass is 522 g/mol. The Morgan fingerprint density at radius 2 is 1.89 bits per heavy atom. The van der Waals surface area contributed by atoms with Gasteiger partial charge in [-0.15, -0.1) is 0 Å². The van der Waals surface area contributed by atoms with Crippen LogP contribution in [0.1, 0.15) is 49.7 Å². The molecular formula is C27H35BN4O6. The first kappa shape index (κ1) is 29.0. The van der Waals surface area contributed by atoms with Crippen LogP contribution in [0.25, 0.3) is 0 Å². The first-order valence-electron chi connectivity index (χ1n) is 12.8. The zero-order chi connectivity index (χ0) is 27.7. The number of likely N-dealkylation sites (N-methyl/N-ethyl adjacent to an activating group) is 1. The summed E-state index contributed by atoms with van der Waals surface area (Å²) in [5.41, 5.74) is 0.956. The number of amides is 1. The van der Waals surface area contributed by atoms with Crippen molar-refractivity contribution in [3.63, 3.8) is 0 Å². The van der Waals surface area contributed by atoms with Gasteiger partial charge in [-0.3, -0.25) is 29.1 Å². The van der Waals surface area contributed by atoms with Crippen LogP contribution in [0.15, 0.2) is 48.9 Å². The highest BCUT2D eigenvalue weighted by molar-refractivity contribution is 6.51. The lowest BCUT2D eigenvalue weighted by Gasteiger charge is -2.26. The van der Waals surface area contributed by atoms with Gasteiger partial charge < -0.3 is 14.6 Å². The molecule has 0 bridgehead atoms. The average molecular weight is 522 g/mol. The Labute approximate surface area is 223 Å². The van der Waals surface area contributed by atoms with E-state index in [4.69, 9.17) is 9.31 Å². The van der Waals surface area contributed by atoms with Crippen molar-refractivity contribution in [1.82, 2.24) is 20.2 Å². The van der Waals surface area contributed by atoms with Crippen LogP contribution in [0.2, 0.25) is 5.82 Å². The third kappa shape index (κ3) is 8.76. The summed E-state index contributed by atoms with van der Waals surface area (Å²) in [5.74, 6) is -2.74. The minimum absolute atomic E-state index is 0.00459. The van der Waals surface area contributed by atoms with Crippen molar-refractivity contribution in [2.75, 3.05) is 20.1 Å². The number of ketones is 1. The van der Waals surface area contributed by atoms with Crippen molar-refractivity contribution in [3.8, 4) is 0 Å². The number of nitrogens with one attached hydrogen (secondary N) is 1. The molecule has 1 N–H and O–H groups in total. The molecule has 11 heteroatoms. The standard InChI is InChI=1S/C27H35BN4O6/c1-18(2)12-21(28-37-25(34)17-32(4)16-19(3)27(36)38-28)14-24(33)22(13-20-8-6-5-7-9-20)31-26(35)23-15-29-10-11-30-23/h5-11,15,18-19,21-22H,12-14,16-17H2,1-4H3,(H,31,35)/t19-,21-,22+/m1/s1. The predicted octanol–water partition coefficient (Wildman–Crippen LogP) is 2.35. The first-order chi connectivity index (χ1) is 18.1. The molecule has 0 unspecified atom stereocenters. The molecule has 0 saturated carbocycles. The van der Waals surface area contributed by atoms with Crippen LogP contribution in [0.4, 0.5) is 0 Å². The van der Waals surface area contributed by atoms with Crippen molar-refractivity contribution in [3.05, 3.63) is 60.2 Å². The maximum Gasteiger partial charge on any atom is 0.602 e. The van der Waals surface area contributed by atoms with Crippen LogP contribution in [0.5, 0.6) is 0 Å². The van der Waals surface area contributed by atoms with E-state index in [1.165, 1.54) is 18.6 Å². The number of carbonyl (C=O) groups is 4. The van der Waals surface area contributed by atoms with E-state index in [1.807, 2.05) is 44.2 Å². The molecule has 3 rings (SSSR count). The van der Waals surface area contributed by atoms with Crippen molar-refractivity contribution in [1.29, 1.82) is 0 Å². The van der Waals surface area contributed by atoms with Gasteiger partial charge in [0.05, 0.1) is 24.7 Å². The summed E-state index contributed by atoms with van der Waals surface area (Å²) in [5, 5.41) is 2.79. The molecule has 0 aliphatic carbocycles. The van der Waals surface area contributed by atoms with E-state index in [2.05, 4.69) is 15.3 Å². The normalized spacial score (nSPS) is 18.4. The molecule has 38 heavy (non-hydrogen) atoms. The number of benzene rings is 1. The van der Waals surface area contributed by atoms with E-state index in [-0.39, 0.29) is 36.8 Å². The number of rotatable bonds is 10. The molecule has 1 aromatic carbocycles.